The van der Waals surface area contributed by atoms with E-state index in [0.29, 0.717) is 18.2 Å². The highest BCUT2D eigenvalue weighted by Gasteiger charge is 2.18. The summed E-state index contributed by atoms with van der Waals surface area (Å²) < 4.78 is 4.78. The van der Waals surface area contributed by atoms with Crippen LogP contribution in [0.1, 0.15) is 30.0 Å². The maximum Gasteiger partial charge on any atom is 0.0626 e. The van der Waals surface area contributed by atoms with Crippen LogP contribution in [0, 0.1) is 11.3 Å². The molecule has 0 aliphatic heterocycles. The third-order valence-electron chi connectivity index (χ3n) is 10.2. The summed E-state index contributed by atoms with van der Waals surface area (Å²) in [6, 6.07) is 50.0. The highest BCUT2D eigenvalue weighted by Crippen LogP contribution is 2.39. The standard InChI is InChI=1S/C47H38N4/c1-32-11-9-13-36(27-32)34-21-23-35(24-22-34)43(48)25-26-49-31-33-12-10-16-38(28-33)51-45-20-8-6-18-40(45)42-29-41-39-17-5-7-19-44(39)50(46(41)30-47(42)51)37-14-3-2-4-15-37/h2-26,28-30,32,48-49H,27,31H2,1H3/b26-25-,48-43?. The van der Waals surface area contributed by atoms with Crippen LogP contribution < -0.4 is 5.32 Å². The summed E-state index contributed by atoms with van der Waals surface area (Å²) in [7, 11) is 0. The number of fused-ring (bicyclic) bond motifs is 6. The molecule has 1 aliphatic rings. The predicted molar refractivity (Wildman–Crippen MR) is 215 cm³/mol. The maximum absolute atomic E-state index is 8.65. The number of hydrogen-bond acceptors (Lipinski definition) is 2. The zero-order valence-electron chi connectivity index (χ0n) is 28.6. The van der Waals surface area contributed by atoms with Gasteiger partial charge in [-0.15, -0.1) is 0 Å². The second-order valence-electron chi connectivity index (χ2n) is 13.6. The van der Waals surface area contributed by atoms with Crippen LogP contribution in [0.3, 0.4) is 0 Å². The van der Waals surface area contributed by atoms with Crippen LogP contribution >= 0.6 is 0 Å². The molecule has 8 aromatic rings. The fraction of sp³-hybridized carbons (Fsp3) is 0.0851. The van der Waals surface area contributed by atoms with Crippen LogP contribution in [0.5, 0.6) is 0 Å². The van der Waals surface area contributed by atoms with E-state index in [0.717, 1.165) is 23.4 Å². The van der Waals surface area contributed by atoms with E-state index < -0.39 is 0 Å². The van der Waals surface area contributed by atoms with Gasteiger partial charge in [-0.25, -0.2) is 0 Å². The molecular formula is C47H38N4. The van der Waals surface area contributed by atoms with E-state index >= 15 is 0 Å². The molecule has 1 aliphatic carbocycles. The molecule has 0 saturated heterocycles. The van der Waals surface area contributed by atoms with E-state index in [4.69, 9.17) is 5.41 Å². The van der Waals surface area contributed by atoms with Crippen LogP contribution in [-0.2, 0) is 6.54 Å². The van der Waals surface area contributed by atoms with Gasteiger partial charge >= 0.3 is 0 Å². The van der Waals surface area contributed by atoms with Crippen molar-refractivity contribution in [1.29, 1.82) is 5.41 Å². The summed E-state index contributed by atoms with van der Waals surface area (Å²) in [5.41, 5.74) is 12.2. The first-order chi connectivity index (χ1) is 25.1. The Balaban J connectivity index is 1.03. The Hall–Kier alpha value is -6.39. The molecule has 0 fully saturated rings. The summed E-state index contributed by atoms with van der Waals surface area (Å²) in [4.78, 5) is 0. The lowest BCUT2D eigenvalue weighted by Gasteiger charge is -2.15. The third-order valence-corrected chi connectivity index (χ3v) is 10.2. The van der Waals surface area contributed by atoms with Gasteiger partial charge < -0.3 is 19.9 Å². The van der Waals surface area contributed by atoms with E-state index in [1.807, 2.05) is 24.4 Å². The van der Waals surface area contributed by atoms with Crippen LogP contribution in [0.2, 0.25) is 0 Å². The molecule has 2 heterocycles. The molecule has 4 nitrogen and oxygen atoms in total. The van der Waals surface area contributed by atoms with Crippen molar-refractivity contribution in [3.8, 4) is 11.4 Å². The van der Waals surface area contributed by atoms with Gasteiger partial charge in [-0.1, -0.05) is 116 Å². The summed E-state index contributed by atoms with van der Waals surface area (Å²) in [6.45, 7) is 2.90. The fourth-order valence-electron chi connectivity index (χ4n) is 7.71. The van der Waals surface area contributed by atoms with E-state index in [-0.39, 0.29) is 0 Å². The molecule has 0 spiro atoms. The molecule has 51 heavy (non-hydrogen) atoms. The molecule has 0 bridgehead atoms. The molecule has 2 N–H and O–H groups in total. The summed E-state index contributed by atoms with van der Waals surface area (Å²) >= 11 is 0. The molecule has 0 radical (unpaired) electrons. The minimum absolute atomic E-state index is 0.484. The van der Waals surface area contributed by atoms with Gasteiger partial charge in [0.15, 0.2) is 0 Å². The van der Waals surface area contributed by atoms with Crippen molar-refractivity contribution >= 4 is 54.9 Å². The second-order valence-corrected chi connectivity index (χ2v) is 13.6. The lowest BCUT2D eigenvalue weighted by Crippen LogP contribution is -2.07. The predicted octanol–water partition coefficient (Wildman–Crippen LogP) is 11.5. The average Bonchev–Trinajstić information content (AvgIpc) is 3.68. The maximum atomic E-state index is 8.65. The van der Waals surface area contributed by atoms with Gasteiger partial charge in [0, 0.05) is 39.5 Å². The summed E-state index contributed by atoms with van der Waals surface area (Å²) in [6.07, 6.45) is 11.4. The minimum Gasteiger partial charge on any atom is -0.387 e. The van der Waals surface area contributed by atoms with Crippen molar-refractivity contribution in [2.24, 2.45) is 5.92 Å². The molecule has 1 unspecified atom stereocenters. The first kappa shape index (κ1) is 30.7. The Kier molecular flexibility index (Phi) is 7.70. The van der Waals surface area contributed by atoms with Crippen molar-refractivity contribution in [2.75, 3.05) is 0 Å². The highest BCUT2D eigenvalue weighted by molar-refractivity contribution is 6.19. The van der Waals surface area contributed by atoms with Gasteiger partial charge in [-0.05, 0) is 95.4 Å². The van der Waals surface area contributed by atoms with E-state index in [1.165, 1.54) is 60.3 Å². The van der Waals surface area contributed by atoms with Crippen LogP contribution in [-0.4, -0.2) is 14.8 Å². The molecule has 1 atom stereocenters. The molecule has 0 amide bonds. The number of hydrogen-bond donors (Lipinski definition) is 2. The van der Waals surface area contributed by atoms with Crippen molar-refractivity contribution in [3.63, 3.8) is 0 Å². The smallest absolute Gasteiger partial charge is 0.0626 e. The van der Waals surface area contributed by atoms with Gasteiger partial charge in [0.2, 0.25) is 0 Å². The van der Waals surface area contributed by atoms with Crippen molar-refractivity contribution < 1.29 is 0 Å². The van der Waals surface area contributed by atoms with Crippen LogP contribution in [0.4, 0.5) is 0 Å². The molecule has 6 aromatic carbocycles. The average molecular weight is 659 g/mol. The zero-order chi connectivity index (χ0) is 34.3. The molecule has 4 heteroatoms. The Morgan fingerprint density at radius 1 is 0.667 bits per heavy atom. The molecule has 9 rings (SSSR count). The largest absolute Gasteiger partial charge is 0.387 e. The van der Waals surface area contributed by atoms with Gasteiger partial charge in [0.1, 0.15) is 0 Å². The SMILES string of the molecule is CC1C=CC=C(c2ccc(C(=N)/C=C\NCc3cccc(-n4c5ccccc5c5cc6c7ccccc7n(-c7ccccc7)c6cc54)c3)cc2)C1. The number of rotatable bonds is 8. The van der Waals surface area contributed by atoms with Gasteiger partial charge in [0.05, 0.1) is 27.8 Å². The molecule has 246 valence electrons. The van der Waals surface area contributed by atoms with Crippen LogP contribution in [0.25, 0.3) is 60.6 Å². The number of nitrogens with one attached hydrogen (secondary N) is 2. The zero-order valence-corrected chi connectivity index (χ0v) is 28.6. The van der Waals surface area contributed by atoms with Gasteiger partial charge in [-0.3, -0.25) is 0 Å². The third kappa shape index (κ3) is 5.55. The second kappa shape index (κ2) is 12.8. The minimum atomic E-state index is 0.484. The van der Waals surface area contributed by atoms with Crippen molar-refractivity contribution in [2.45, 2.75) is 19.9 Å². The van der Waals surface area contributed by atoms with Crippen molar-refractivity contribution in [1.82, 2.24) is 14.5 Å². The number of aromatic nitrogens is 2. The quantitative estimate of drug-likeness (QED) is 0.157. The Labute approximate surface area is 297 Å². The normalized spacial score (nSPS) is 14.6. The number of allylic oxidation sites excluding steroid dienone is 5. The number of nitrogens with zero attached hydrogens (tertiary/aromatic N) is 2. The van der Waals surface area contributed by atoms with E-state index in [2.05, 4.69) is 167 Å². The van der Waals surface area contributed by atoms with E-state index in [9.17, 15) is 0 Å². The Bertz CT molecular complexity index is 2680. The number of para-hydroxylation sites is 3. The fourth-order valence-corrected chi connectivity index (χ4v) is 7.71. The summed E-state index contributed by atoms with van der Waals surface area (Å²) in [5, 5.41) is 17.1. The molecular weight excluding hydrogens is 621 g/mol. The Morgan fingerprint density at radius 3 is 2.02 bits per heavy atom. The lowest BCUT2D eigenvalue weighted by atomic mass is 9.90. The van der Waals surface area contributed by atoms with Gasteiger partial charge in [-0.2, -0.15) is 0 Å². The monoisotopic (exact) mass is 658 g/mol. The highest BCUT2D eigenvalue weighted by atomic mass is 15.0. The van der Waals surface area contributed by atoms with Crippen molar-refractivity contribution in [3.05, 3.63) is 187 Å². The molecule has 2 aromatic heterocycles. The van der Waals surface area contributed by atoms with Crippen LogP contribution in [0.15, 0.2) is 170 Å². The summed E-state index contributed by atoms with van der Waals surface area (Å²) in [5.74, 6) is 0.560. The first-order valence-corrected chi connectivity index (χ1v) is 17.7. The van der Waals surface area contributed by atoms with Gasteiger partial charge in [0.25, 0.3) is 0 Å². The lowest BCUT2D eigenvalue weighted by molar-refractivity contribution is 0.749. The number of benzene rings is 6. The Morgan fingerprint density at radius 2 is 1.31 bits per heavy atom. The first-order valence-electron chi connectivity index (χ1n) is 17.7. The topological polar surface area (TPSA) is 45.7 Å². The molecule has 0 saturated carbocycles. The van der Waals surface area contributed by atoms with E-state index in [1.54, 1.807) is 0 Å².